The van der Waals surface area contributed by atoms with Gasteiger partial charge in [-0.25, -0.2) is 9.78 Å². The molecule has 72 valence electrons. The minimum Gasteiger partial charge on any atom is -0.478 e. The first kappa shape index (κ1) is 9.42. The topological polar surface area (TPSA) is 76.2 Å². The Bertz CT molecular complexity index is 523. The second kappa shape index (κ2) is 3.21. The summed E-state index contributed by atoms with van der Waals surface area (Å²) in [4.78, 5) is 14.7. The molecule has 2 heterocycles. The van der Waals surface area contributed by atoms with Crippen molar-refractivity contribution < 1.29 is 9.90 Å². The third-order valence-electron chi connectivity index (χ3n) is 1.79. The summed E-state index contributed by atoms with van der Waals surface area (Å²) >= 11 is 4.62. The van der Waals surface area contributed by atoms with Crippen LogP contribution in [0.3, 0.4) is 0 Å². The number of aromatic carboxylic acids is 1. The minimum atomic E-state index is -0.989. The van der Waals surface area contributed by atoms with Crippen molar-refractivity contribution in [2.45, 2.75) is 0 Å². The predicted molar refractivity (Wildman–Crippen MR) is 58.7 cm³/mol. The van der Waals surface area contributed by atoms with Gasteiger partial charge in [0.1, 0.15) is 5.82 Å². The highest BCUT2D eigenvalue weighted by atomic mass is 79.9. The fraction of sp³-hybridized carbons (Fsp3) is 0. The number of hydrogen-bond donors (Lipinski definition) is 2. The molecule has 14 heavy (non-hydrogen) atoms. The average Bonchev–Trinajstić information content (AvgIpc) is 2.47. The summed E-state index contributed by atoms with van der Waals surface area (Å²) in [7, 11) is 0. The van der Waals surface area contributed by atoms with Crippen LogP contribution in [-0.4, -0.2) is 16.1 Å². The Balaban J connectivity index is 2.87. The maximum absolute atomic E-state index is 10.8. The zero-order chi connectivity index (χ0) is 10.3. The molecule has 0 amide bonds. The maximum Gasteiger partial charge on any atom is 0.338 e. The number of aromatic nitrogens is 1. The van der Waals surface area contributed by atoms with Gasteiger partial charge >= 0.3 is 5.97 Å². The molecule has 0 aromatic carbocycles. The number of pyridine rings is 1. The van der Waals surface area contributed by atoms with Crippen LogP contribution in [0.2, 0.25) is 0 Å². The molecule has 0 saturated carbocycles. The van der Waals surface area contributed by atoms with Crippen LogP contribution in [-0.2, 0) is 0 Å². The van der Waals surface area contributed by atoms with Gasteiger partial charge in [-0.15, -0.1) is 11.3 Å². The van der Waals surface area contributed by atoms with Gasteiger partial charge in [0.25, 0.3) is 0 Å². The van der Waals surface area contributed by atoms with Gasteiger partial charge in [-0.2, -0.15) is 0 Å². The fourth-order valence-corrected chi connectivity index (χ4v) is 2.78. The van der Waals surface area contributed by atoms with Crippen LogP contribution in [0.4, 0.5) is 5.82 Å². The van der Waals surface area contributed by atoms with Crippen molar-refractivity contribution in [1.29, 1.82) is 0 Å². The monoisotopic (exact) mass is 272 g/mol. The van der Waals surface area contributed by atoms with Crippen LogP contribution in [0.15, 0.2) is 16.0 Å². The highest BCUT2D eigenvalue weighted by Crippen LogP contribution is 2.34. The van der Waals surface area contributed by atoms with Gasteiger partial charge < -0.3 is 10.8 Å². The number of hydrogen-bond acceptors (Lipinski definition) is 4. The van der Waals surface area contributed by atoms with E-state index in [0.29, 0.717) is 15.9 Å². The van der Waals surface area contributed by atoms with Crippen molar-refractivity contribution >= 4 is 49.1 Å². The van der Waals surface area contributed by atoms with Crippen molar-refractivity contribution in [3.63, 3.8) is 0 Å². The Morgan fingerprint density at radius 3 is 3.00 bits per heavy atom. The van der Waals surface area contributed by atoms with Gasteiger partial charge in [-0.3, -0.25) is 0 Å². The van der Waals surface area contributed by atoms with E-state index in [1.807, 2.05) is 0 Å². The highest BCUT2D eigenvalue weighted by Gasteiger charge is 2.13. The first-order valence-corrected chi connectivity index (χ1v) is 5.27. The number of fused-ring (bicyclic) bond motifs is 1. The fourth-order valence-electron chi connectivity index (χ4n) is 1.17. The van der Waals surface area contributed by atoms with Gasteiger partial charge in [0.15, 0.2) is 0 Å². The number of rotatable bonds is 1. The van der Waals surface area contributed by atoms with E-state index < -0.39 is 5.97 Å². The summed E-state index contributed by atoms with van der Waals surface area (Å²) < 4.78 is 1.49. The molecule has 0 aliphatic carbocycles. The number of nitrogens with two attached hydrogens (primary N) is 1. The number of thiophene rings is 1. The molecule has 3 N–H and O–H groups in total. The smallest absolute Gasteiger partial charge is 0.338 e. The van der Waals surface area contributed by atoms with Crippen LogP contribution in [0.1, 0.15) is 10.4 Å². The molecule has 0 fully saturated rings. The van der Waals surface area contributed by atoms with Crippen molar-refractivity contribution in [3.8, 4) is 0 Å². The summed E-state index contributed by atoms with van der Waals surface area (Å²) in [6.45, 7) is 0. The standard InChI is InChI=1S/C8H5BrN2O2S/c9-5-1-3-6(14-5)4(8(12)13)2-11-7(3)10/h1-2H,(H2,10,11)(H,12,13). The van der Waals surface area contributed by atoms with Crippen LogP contribution in [0.25, 0.3) is 10.1 Å². The number of halogens is 1. The lowest BCUT2D eigenvalue weighted by Gasteiger charge is -1.98. The van der Waals surface area contributed by atoms with Gasteiger partial charge in [0.2, 0.25) is 0 Å². The Labute approximate surface area is 91.5 Å². The minimum absolute atomic E-state index is 0.185. The number of anilines is 1. The lowest BCUT2D eigenvalue weighted by molar-refractivity contribution is 0.0699. The second-order valence-electron chi connectivity index (χ2n) is 2.66. The summed E-state index contributed by atoms with van der Waals surface area (Å²) in [5.41, 5.74) is 5.81. The van der Waals surface area contributed by atoms with E-state index in [4.69, 9.17) is 10.8 Å². The molecule has 0 atom stereocenters. The van der Waals surface area contributed by atoms with Gasteiger partial charge in [-0.1, -0.05) is 0 Å². The maximum atomic E-state index is 10.8. The SMILES string of the molecule is Nc1ncc(C(=O)O)c2sc(Br)cc12. The molecule has 2 rings (SSSR count). The Hall–Kier alpha value is -1.14. The number of carboxylic acid groups (broad SMARTS) is 1. The van der Waals surface area contributed by atoms with E-state index >= 15 is 0 Å². The summed E-state index contributed by atoms with van der Waals surface area (Å²) in [5.74, 6) is -0.635. The second-order valence-corrected chi connectivity index (χ2v) is 5.09. The zero-order valence-corrected chi connectivity index (χ0v) is 9.22. The molecule has 0 aliphatic heterocycles. The first-order valence-electron chi connectivity index (χ1n) is 3.66. The van der Waals surface area contributed by atoms with Gasteiger partial charge in [-0.05, 0) is 22.0 Å². The van der Waals surface area contributed by atoms with Crippen LogP contribution in [0.5, 0.6) is 0 Å². The molecule has 0 saturated heterocycles. The first-order chi connectivity index (χ1) is 6.59. The van der Waals surface area contributed by atoms with Crippen molar-refractivity contribution in [1.82, 2.24) is 4.98 Å². The number of carbonyl (C=O) groups is 1. The lowest BCUT2D eigenvalue weighted by atomic mass is 10.2. The quantitative estimate of drug-likeness (QED) is 0.836. The Morgan fingerprint density at radius 1 is 1.64 bits per heavy atom. The van der Waals surface area contributed by atoms with E-state index in [2.05, 4.69) is 20.9 Å². The Kier molecular flexibility index (Phi) is 2.16. The molecule has 2 aromatic rings. The normalized spacial score (nSPS) is 10.6. The molecule has 6 heteroatoms. The molecule has 0 aliphatic rings. The Morgan fingerprint density at radius 2 is 2.36 bits per heavy atom. The van der Waals surface area contributed by atoms with E-state index in [0.717, 1.165) is 3.79 Å². The van der Waals surface area contributed by atoms with Crippen molar-refractivity contribution in [3.05, 3.63) is 21.6 Å². The molecule has 0 bridgehead atoms. The van der Waals surface area contributed by atoms with Crippen LogP contribution in [0, 0.1) is 0 Å². The van der Waals surface area contributed by atoms with E-state index in [-0.39, 0.29) is 5.56 Å². The van der Waals surface area contributed by atoms with Gasteiger partial charge in [0, 0.05) is 11.6 Å². The third-order valence-corrected chi connectivity index (χ3v) is 3.46. The molecule has 0 spiro atoms. The van der Waals surface area contributed by atoms with E-state index in [1.54, 1.807) is 6.07 Å². The number of carboxylic acids is 1. The highest BCUT2D eigenvalue weighted by molar-refractivity contribution is 9.11. The molecule has 2 aromatic heterocycles. The molecular formula is C8H5BrN2O2S. The number of nitrogens with zero attached hydrogens (tertiary/aromatic N) is 1. The van der Waals surface area contributed by atoms with E-state index in [1.165, 1.54) is 17.5 Å². The summed E-state index contributed by atoms with van der Waals surface area (Å²) in [6.07, 6.45) is 1.28. The van der Waals surface area contributed by atoms with Crippen LogP contribution < -0.4 is 5.73 Å². The third kappa shape index (κ3) is 1.36. The largest absolute Gasteiger partial charge is 0.478 e. The average molecular weight is 273 g/mol. The summed E-state index contributed by atoms with van der Waals surface area (Å²) in [6, 6.07) is 1.77. The molecular weight excluding hydrogens is 268 g/mol. The van der Waals surface area contributed by atoms with Crippen LogP contribution >= 0.6 is 27.3 Å². The van der Waals surface area contributed by atoms with E-state index in [9.17, 15) is 4.79 Å². The molecule has 0 unspecified atom stereocenters. The number of nitrogen functional groups attached to an aromatic ring is 1. The molecule has 4 nitrogen and oxygen atoms in total. The summed E-state index contributed by atoms with van der Waals surface area (Å²) in [5, 5.41) is 9.58. The van der Waals surface area contributed by atoms with Gasteiger partial charge in [0.05, 0.1) is 14.0 Å². The van der Waals surface area contributed by atoms with Crippen molar-refractivity contribution in [2.24, 2.45) is 0 Å². The predicted octanol–water partition coefficient (Wildman–Crippen LogP) is 2.34. The molecule has 0 radical (unpaired) electrons. The lowest BCUT2D eigenvalue weighted by Crippen LogP contribution is -1.99. The van der Waals surface area contributed by atoms with Crippen molar-refractivity contribution in [2.75, 3.05) is 5.73 Å². The zero-order valence-electron chi connectivity index (χ0n) is 6.82.